The second-order valence-corrected chi connectivity index (χ2v) is 12.6. The zero-order chi connectivity index (χ0) is 28.9. The summed E-state index contributed by atoms with van der Waals surface area (Å²) in [6.45, 7) is 1.51. The van der Waals surface area contributed by atoms with Crippen molar-refractivity contribution in [3.8, 4) is 5.75 Å². The Morgan fingerprint density at radius 2 is 1.85 bits per heavy atom. The van der Waals surface area contributed by atoms with Crippen molar-refractivity contribution in [2.24, 2.45) is 24.3 Å². The maximum absolute atomic E-state index is 14.2. The van der Waals surface area contributed by atoms with Crippen molar-refractivity contribution in [1.82, 2.24) is 14.4 Å². The van der Waals surface area contributed by atoms with E-state index in [0.717, 1.165) is 36.8 Å². The lowest BCUT2D eigenvalue weighted by Crippen LogP contribution is -2.50. The van der Waals surface area contributed by atoms with Crippen LogP contribution in [0.5, 0.6) is 5.75 Å². The second kappa shape index (κ2) is 10.8. The number of aliphatic carboxylic acids is 1. The molecule has 1 aromatic heterocycles. The minimum absolute atomic E-state index is 0.0625. The predicted molar refractivity (Wildman–Crippen MR) is 152 cm³/mol. The van der Waals surface area contributed by atoms with E-state index < -0.39 is 23.8 Å². The third kappa shape index (κ3) is 5.25. The molecule has 3 unspecified atom stereocenters. The topological polar surface area (TPSA) is 109 Å². The highest BCUT2D eigenvalue weighted by molar-refractivity contribution is 6.31. The van der Waals surface area contributed by atoms with Crippen molar-refractivity contribution in [2.45, 2.75) is 64.0 Å². The van der Waals surface area contributed by atoms with Gasteiger partial charge in [0.15, 0.2) is 0 Å². The standard InChI is InChI=1S/C31H36ClN3O6/c1-33-19(5-4-8-26(33)36)17-41-25-10-9-23(32)22-11-14-35(29(38)20-6-2-3-7-21(20)30(39)40)24(28(22)25)16-34-18-31(12-13-31)15-27(34)37/h4-5,8-10,20-21,24H,2-3,6-7,11-18H2,1H3,(H,39,40). The molecule has 1 spiro atoms. The quantitative estimate of drug-likeness (QED) is 0.530. The van der Waals surface area contributed by atoms with E-state index in [4.69, 9.17) is 16.3 Å². The van der Waals surface area contributed by atoms with E-state index in [9.17, 15) is 24.3 Å². The third-order valence-corrected chi connectivity index (χ3v) is 10.0. The summed E-state index contributed by atoms with van der Waals surface area (Å²) < 4.78 is 7.87. The molecule has 2 saturated carbocycles. The van der Waals surface area contributed by atoms with Crippen LogP contribution in [0.4, 0.5) is 0 Å². The van der Waals surface area contributed by atoms with Gasteiger partial charge in [-0.2, -0.15) is 0 Å². The SMILES string of the molecule is Cn1c(COc2ccc(Cl)c3c2C(CN2CC4(CC4)CC2=O)N(C(=O)C2CCCCC2C(=O)O)CC3)cccc1=O. The normalized spacial score (nSPS) is 24.8. The van der Waals surface area contributed by atoms with E-state index >= 15 is 0 Å². The Morgan fingerprint density at radius 3 is 2.56 bits per heavy atom. The number of rotatable bonds is 7. The van der Waals surface area contributed by atoms with Crippen molar-refractivity contribution in [3.63, 3.8) is 0 Å². The number of carboxylic acids is 1. The zero-order valence-electron chi connectivity index (χ0n) is 23.3. The molecule has 3 fully saturated rings. The van der Waals surface area contributed by atoms with Crippen LogP contribution in [0, 0.1) is 17.3 Å². The number of fused-ring (bicyclic) bond motifs is 1. The molecule has 2 aliphatic carbocycles. The van der Waals surface area contributed by atoms with Gasteiger partial charge in [-0.15, -0.1) is 0 Å². The van der Waals surface area contributed by atoms with Crippen LogP contribution in [-0.2, 0) is 34.5 Å². The van der Waals surface area contributed by atoms with E-state index in [1.807, 2.05) is 11.0 Å². The van der Waals surface area contributed by atoms with E-state index in [-0.39, 0.29) is 29.4 Å². The molecule has 2 amide bonds. The number of carbonyl (C=O) groups is 3. The molecule has 1 saturated heterocycles. The van der Waals surface area contributed by atoms with Crippen molar-refractivity contribution < 1.29 is 24.2 Å². The van der Waals surface area contributed by atoms with E-state index in [0.29, 0.717) is 61.8 Å². The highest BCUT2D eigenvalue weighted by Crippen LogP contribution is 2.54. The largest absolute Gasteiger partial charge is 0.487 e. The summed E-state index contributed by atoms with van der Waals surface area (Å²) >= 11 is 6.72. The first-order valence-electron chi connectivity index (χ1n) is 14.6. The molecule has 3 heterocycles. The molecule has 1 N–H and O–H groups in total. The van der Waals surface area contributed by atoms with Crippen molar-refractivity contribution in [2.75, 3.05) is 19.6 Å². The lowest BCUT2D eigenvalue weighted by atomic mass is 9.77. The van der Waals surface area contributed by atoms with Gasteiger partial charge >= 0.3 is 5.97 Å². The highest BCUT2D eigenvalue weighted by atomic mass is 35.5. The molecule has 0 radical (unpaired) electrons. The lowest BCUT2D eigenvalue weighted by molar-refractivity contribution is -0.154. The molecule has 3 atom stereocenters. The summed E-state index contributed by atoms with van der Waals surface area (Å²) in [6, 6.07) is 8.06. The Hall–Kier alpha value is -3.33. The van der Waals surface area contributed by atoms with Crippen LogP contribution in [0.2, 0.25) is 5.02 Å². The average molecular weight is 582 g/mol. The number of carboxylic acid groups (broad SMARTS) is 1. The Morgan fingerprint density at radius 1 is 1.10 bits per heavy atom. The summed E-state index contributed by atoms with van der Waals surface area (Å²) in [5.41, 5.74) is 2.27. The first-order chi connectivity index (χ1) is 19.7. The van der Waals surface area contributed by atoms with E-state index in [1.165, 1.54) is 10.6 Å². The summed E-state index contributed by atoms with van der Waals surface area (Å²) in [5.74, 6) is -1.77. The summed E-state index contributed by atoms with van der Waals surface area (Å²) in [6.07, 6.45) is 5.76. The van der Waals surface area contributed by atoms with Crippen LogP contribution < -0.4 is 10.3 Å². The molecule has 10 heteroatoms. The van der Waals surface area contributed by atoms with Crippen LogP contribution in [-0.4, -0.2) is 56.9 Å². The first kappa shape index (κ1) is 27.8. The van der Waals surface area contributed by atoms with Crippen LogP contribution in [0.25, 0.3) is 0 Å². The highest BCUT2D eigenvalue weighted by Gasteiger charge is 2.53. The Labute approximate surface area is 244 Å². The molecule has 0 bridgehead atoms. The van der Waals surface area contributed by atoms with Gasteiger partial charge in [0.2, 0.25) is 11.8 Å². The van der Waals surface area contributed by atoms with Crippen LogP contribution in [0.3, 0.4) is 0 Å². The van der Waals surface area contributed by atoms with Gasteiger partial charge in [-0.1, -0.05) is 30.5 Å². The van der Waals surface area contributed by atoms with Gasteiger partial charge in [0.1, 0.15) is 12.4 Å². The van der Waals surface area contributed by atoms with Gasteiger partial charge in [0.25, 0.3) is 5.56 Å². The number of benzene rings is 1. The molecule has 2 aromatic rings. The Kier molecular flexibility index (Phi) is 7.34. The van der Waals surface area contributed by atoms with Gasteiger partial charge in [-0.05, 0) is 61.3 Å². The predicted octanol–water partition coefficient (Wildman–Crippen LogP) is 3.95. The number of amides is 2. The monoisotopic (exact) mass is 581 g/mol. The molecule has 1 aromatic carbocycles. The maximum atomic E-state index is 14.2. The van der Waals surface area contributed by atoms with Gasteiger partial charge < -0.3 is 24.2 Å². The minimum Gasteiger partial charge on any atom is -0.487 e. The molecule has 218 valence electrons. The Balaban J connectivity index is 1.37. The molecule has 4 aliphatic rings. The number of ether oxygens (including phenoxy) is 1. The molecular formula is C31H36ClN3O6. The molecular weight excluding hydrogens is 546 g/mol. The number of carbonyl (C=O) groups excluding carboxylic acids is 2. The zero-order valence-corrected chi connectivity index (χ0v) is 24.1. The molecule has 6 rings (SSSR count). The second-order valence-electron chi connectivity index (χ2n) is 12.2. The summed E-state index contributed by atoms with van der Waals surface area (Å²) in [5, 5.41) is 10.5. The first-order valence-corrected chi connectivity index (χ1v) is 15.0. The van der Waals surface area contributed by atoms with Crippen LogP contribution >= 0.6 is 11.6 Å². The average Bonchev–Trinajstić information content (AvgIpc) is 3.64. The fourth-order valence-corrected chi connectivity index (χ4v) is 7.33. The van der Waals surface area contributed by atoms with Crippen molar-refractivity contribution in [3.05, 3.63) is 62.5 Å². The minimum atomic E-state index is -0.928. The maximum Gasteiger partial charge on any atom is 0.307 e. The molecule has 2 aliphatic heterocycles. The van der Waals surface area contributed by atoms with Crippen molar-refractivity contribution in [1.29, 1.82) is 0 Å². The third-order valence-electron chi connectivity index (χ3n) is 9.68. The number of aromatic nitrogens is 1. The van der Waals surface area contributed by atoms with Crippen LogP contribution in [0.1, 0.15) is 67.8 Å². The van der Waals surface area contributed by atoms with E-state index in [1.54, 1.807) is 30.1 Å². The number of halogens is 1. The van der Waals surface area contributed by atoms with Gasteiger partial charge in [0, 0.05) is 49.8 Å². The van der Waals surface area contributed by atoms with Gasteiger partial charge in [0.05, 0.1) is 23.6 Å². The number of pyridine rings is 1. The smallest absolute Gasteiger partial charge is 0.307 e. The lowest BCUT2D eigenvalue weighted by Gasteiger charge is -2.43. The number of likely N-dealkylation sites (tertiary alicyclic amines) is 1. The van der Waals surface area contributed by atoms with Gasteiger partial charge in [-0.3, -0.25) is 19.2 Å². The Bertz CT molecular complexity index is 1450. The molecule has 9 nitrogen and oxygen atoms in total. The fraction of sp³-hybridized carbons (Fsp3) is 0.548. The number of hydrogen-bond acceptors (Lipinski definition) is 5. The number of nitrogens with zero attached hydrogens (tertiary/aromatic N) is 3. The van der Waals surface area contributed by atoms with E-state index in [2.05, 4.69) is 0 Å². The molecule has 41 heavy (non-hydrogen) atoms. The van der Waals surface area contributed by atoms with Crippen molar-refractivity contribution >= 4 is 29.4 Å². The summed E-state index contributed by atoms with van der Waals surface area (Å²) in [7, 11) is 1.69. The number of hydrogen-bond donors (Lipinski definition) is 1. The summed E-state index contributed by atoms with van der Waals surface area (Å²) in [4.78, 5) is 55.3. The van der Waals surface area contributed by atoms with Gasteiger partial charge in [-0.25, -0.2) is 0 Å². The van der Waals surface area contributed by atoms with Crippen LogP contribution in [0.15, 0.2) is 35.1 Å². The fourth-order valence-electron chi connectivity index (χ4n) is 7.07.